The van der Waals surface area contributed by atoms with E-state index in [1.54, 1.807) is 6.20 Å². The first kappa shape index (κ1) is 13.9. The molecule has 3 heterocycles. The highest BCUT2D eigenvalue weighted by atomic mass is 16.6. The minimum atomic E-state index is -0.540. The Morgan fingerprint density at radius 2 is 2.08 bits per heavy atom. The number of benzene rings is 1. The summed E-state index contributed by atoms with van der Waals surface area (Å²) in [6.07, 6.45) is 9.90. The van der Waals surface area contributed by atoms with Gasteiger partial charge in [0.05, 0.1) is 12.1 Å². The molecule has 0 fully saturated rings. The Morgan fingerprint density at radius 3 is 2.88 bits per heavy atom. The molecule has 0 spiro atoms. The number of nitrogens with zero attached hydrogens (tertiary/aromatic N) is 6. The van der Waals surface area contributed by atoms with Gasteiger partial charge in [0.25, 0.3) is 0 Å². The van der Waals surface area contributed by atoms with Crippen molar-refractivity contribution in [3.63, 3.8) is 0 Å². The van der Waals surface area contributed by atoms with Crippen molar-refractivity contribution in [3.8, 4) is 29.5 Å². The second-order valence-electron chi connectivity index (χ2n) is 5.10. The molecule has 0 saturated carbocycles. The lowest BCUT2D eigenvalue weighted by Crippen LogP contribution is -2.10. The van der Waals surface area contributed by atoms with Crippen molar-refractivity contribution in [2.45, 2.75) is 6.54 Å². The van der Waals surface area contributed by atoms with Gasteiger partial charge in [0, 0.05) is 11.6 Å². The molecule has 2 aromatic rings. The quantitative estimate of drug-likeness (QED) is 0.328. The fraction of sp³-hybridized carbons (Fsp3) is 0.0625. The lowest BCUT2D eigenvalue weighted by molar-refractivity contribution is -0.396. The summed E-state index contributed by atoms with van der Waals surface area (Å²) in [5, 5.41) is 12.3. The molecule has 2 aliphatic heterocycles. The standard InChI is InChI=1S/C16H10N6O2/c1-2-7-20-9-14(11-5-3-4-6-13(11)20)21-15-12(18-10-19-15)8-17-16(21)22(23)24/h1,3-6,8-10H,7H2. The van der Waals surface area contributed by atoms with Crippen molar-refractivity contribution in [2.75, 3.05) is 0 Å². The molecular formula is C16H10N6O2. The number of aromatic nitrogens is 5. The molecule has 8 nitrogen and oxygen atoms in total. The summed E-state index contributed by atoms with van der Waals surface area (Å²) in [6.45, 7) is 0.352. The third kappa shape index (κ3) is 1.92. The average Bonchev–Trinajstić information content (AvgIpc) is 3.19. The minimum absolute atomic E-state index is 0.327. The van der Waals surface area contributed by atoms with Crippen molar-refractivity contribution in [2.24, 2.45) is 0 Å². The van der Waals surface area contributed by atoms with Crippen LogP contribution >= 0.6 is 0 Å². The zero-order valence-electron chi connectivity index (χ0n) is 12.3. The van der Waals surface area contributed by atoms with Crippen LogP contribution in [0.15, 0.2) is 43.0 Å². The van der Waals surface area contributed by atoms with Gasteiger partial charge in [-0.2, -0.15) is 4.57 Å². The number of nitro groups is 1. The molecule has 0 unspecified atom stereocenters. The van der Waals surface area contributed by atoms with Gasteiger partial charge in [-0.1, -0.05) is 23.0 Å². The SMILES string of the molecule is C#CCn1cc(-n2c3ncnc-3cnc2[N+](=O)[O-])c2ccccc21. The number of para-hydroxylation sites is 1. The number of imidazole rings is 1. The van der Waals surface area contributed by atoms with Crippen LogP contribution in [0.3, 0.4) is 0 Å². The Hall–Kier alpha value is -3.73. The van der Waals surface area contributed by atoms with Gasteiger partial charge in [-0.25, -0.2) is 9.97 Å². The first-order chi connectivity index (χ1) is 11.7. The van der Waals surface area contributed by atoms with E-state index in [1.165, 1.54) is 17.1 Å². The fourth-order valence-corrected chi connectivity index (χ4v) is 2.79. The van der Waals surface area contributed by atoms with E-state index in [9.17, 15) is 10.1 Å². The number of hydrogen-bond acceptors (Lipinski definition) is 5. The Labute approximate surface area is 135 Å². The number of fused-ring (bicyclic) bond motifs is 2. The molecule has 0 bridgehead atoms. The largest absolute Gasteiger partial charge is 0.441 e. The van der Waals surface area contributed by atoms with Crippen LogP contribution in [0.1, 0.15) is 0 Å². The van der Waals surface area contributed by atoms with Crippen molar-refractivity contribution in [3.05, 3.63) is 53.1 Å². The summed E-state index contributed by atoms with van der Waals surface area (Å²) < 4.78 is 3.26. The summed E-state index contributed by atoms with van der Waals surface area (Å²) in [6, 6.07) is 7.54. The maximum atomic E-state index is 11.5. The maximum absolute atomic E-state index is 11.5. The fourth-order valence-electron chi connectivity index (χ4n) is 2.79. The molecule has 24 heavy (non-hydrogen) atoms. The highest BCUT2D eigenvalue weighted by Crippen LogP contribution is 2.31. The molecule has 0 aliphatic carbocycles. The van der Waals surface area contributed by atoms with Crippen LogP contribution in [0.25, 0.3) is 28.1 Å². The van der Waals surface area contributed by atoms with Gasteiger partial charge in [0.15, 0.2) is 5.69 Å². The predicted octanol–water partition coefficient (Wildman–Crippen LogP) is 2.26. The summed E-state index contributed by atoms with van der Waals surface area (Å²) in [4.78, 5) is 23.1. The Balaban J connectivity index is 2.11. The maximum Gasteiger partial charge on any atom is 0.441 e. The van der Waals surface area contributed by atoms with Gasteiger partial charge < -0.3 is 14.7 Å². The molecule has 0 N–H and O–H groups in total. The highest BCUT2D eigenvalue weighted by molar-refractivity contribution is 5.90. The molecule has 116 valence electrons. The highest BCUT2D eigenvalue weighted by Gasteiger charge is 2.28. The summed E-state index contributed by atoms with van der Waals surface area (Å²) in [5.41, 5.74) is 1.95. The monoisotopic (exact) mass is 318 g/mol. The minimum Gasteiger partial charge on any atom is -0.390 e. The van der Waals surface area contributed by atoms with E-state index < -0.39 is 4.92 Å². The molecular weight excluding hydrogens is 308 g/mol. The molecule has 2 aliphatic rings. The van der Waals surface area contributed by atoms with Crippen LogP contribution in [0.5, 0.6) is 0 Å². The third-order valence-corrected chi connectivity index (χ3v) is 3.75. The molecule has 1 aromatic heterocycles. The first-order valence-corrected chi connectivity index (χ1v) is 7.05. The zero-order valence-corrected chi connectivity index (χ0v) is 12.3. The average molecular weight is 318 g/mol. The molecule has 0 amide bonds. The van der Waals surface area contributed by atoms with Crippen molar-refractivity contribution in [1.82, 2.24) is 24.1 Å². The molecule has 8 heteroatoms. The van der Waals surface area contributed by atoms with Crippen molar-refractivity contribution >= 4 is 16.9 Å². The van der Waals surface area contributed by atoms with E-state index in [0.29, 0.717) is 23.8 Å². The van der Waals surface area contributed by atoms with E-state index in [1.807, 2.05) is 28.8 Å². The smallest absolute Gasteiger partial charge is 0.390 e. The zero-order chi connectivity index (χ0) is 16.7. The third-order valence-electron chi connectivity index (χ3n) is 3.75. The molecule has 4 rings (SSSR count). The molecule has 0 atom stereocenters. The van der Waals surface area contributed by atoms with Crippen LogP contribution in [0.2, 0.25) is 0 Å². The first-order valence-electron chi connectivity index (χ1n) is 7.05. The van der Waals surface area contributed by atoms with Crippen LogP contribution in [0, 0.1) is 22.5 Å². The van der Waals surface area contributed by atoms with Crippen molar-refractivity contribution in [1.29, 1.82) is 0 Å². The van der Waals surface area contributed by atoms with Gasteiger partial charge >= 0.3 is 5.95 Å². The van der Waals surface area contributed by atoms with Crippen molar-refractivity contribution < 1.29 is 4.92 Å². The van der Waals surface area contributed by atoms with Crippen LogP contribution in [-0.2, 0) is 6.54 Å². The van der Waals surface area contributed by atoms with E-state index in [0.717, 1.165) is 10.9 Å². The molecule has 1 aromatic carbocycles. The van der Waals surface area contributed by atoms with Gasteiger partial charge in [-0.15, -0.1) is 6.42 Å². The Morgan fingerprint density at radius 1 is 1.25 bits per heavy atom. The van der Waals surface area contributed by atoms with Crippen LogP contribution < -0.4 is 0 Å². The lowest BCUT2D eigenvalue weighted by Gasteiger charge is -2.07. The van der Waals surface area contributed by atoms with Crippen LogP contribution in [0.4, 0.5) is 5.95 Å². The number of hydrogen-bond donors (Lipinski definition) is 0. The topological polar surface area (TPSA) is 91.7 Å². The number of rotatable bonds is 3. The van der Waals surface area contributed by atoms with E-state index in [4.69, 9.17) is 6.42 Å². The normalized spacial score (nSPS) is 11.0. The second kappa shape index (κ2) is 5.17. The van der Waals surface area contributed by atoms with E-state index in [2.05, 4.69) is 20.9 Å². The summed E-state index contributed by atoms with van der Waals surface area (Å²) in [7, 11) is 0. The summed E-state index contributed by atoms with van der Waals surface area (Å²) in [5.74, 6) is 2.63. The second-order valence-corrected chi connectivity index (χ2v) is 5.10. The van der Waals surface area contributed by atoms with E-state index >= 15 is 0 Å². The molecule has 0 saturated heterocycles. The number of terminal acetylenes is 1. The van der Waals surface area contributed by atoms with Gasteiger partial charge in [-0.05, 0) is 17.1 Å². The van der Waals surface area contributed by atoms with Gasteiger partial charge in [0.2, 0.25) is 5.82 Å². The van der Waals surface area contributed by atoms with Crippen LogP contribution in [-0.4, -0.2) is 29.0 Å². The Bertz CT molecular complexity index is 1090. The van der Waals surface area contributed by atoms with Gasteiger partial charge in [-0.3, -0.25) is 0 Å². The predicted molar refractivity (Wildman–Crippen MR) is 86.8 cm³/mol. The molecule has 0 radical (unpaired) electrons. The van der Waals surface area contributed by atoms with E-state index in [-0.39, 0.29) is 5.95 Å². The van der Waals surface area contributed by atoms with Gasteiger partial charge in [0.1, 0.15) is 18.2 Å². The lowest BCUT2D eigenvalue weighted by atomic mass is 10.2. The summed E-state index contributed by atoms with van der Waals surface area (Å²) >= 11 is 0. The Kier molecular flexibility index (Phi) is 2.99.